The van der Waals surface area contributed by atoms with Crippen molar-refractivity contribution in [1.82, 2.24) is 4.98 Å². The van der Waals surface area contributed by atoms with Crippen LogP contribution in [0.5, 0.6) is 5.75 Å². The lowest BCUT2D eigenvalue weighted by molar-refractivity contribution is 0.300. The summed E-state index contributed by atoms with van der Waals surface area (Å²) < 4.78 is 7.56. The van der Waals surface area contributed by atoms with E-state index in [4.69, 9.17) is 4.74 Å². The van der Waals surface area contributed by atoms with Crippen molar-refractivity contribution in [1.29, 1.82) is 0 Å². The molecule has 1 aliphatic rings. The van der Waals surface area contributed by atoms with E-state index in [1.165, 1.54) is 12.8 Å². The Labute approximate surface area is 93.0 Å². The van der Waals surface area contributed by atoms with E-state index in [1.807, 2.05) is 12.3 Å². The largest absolute Gasteiger partial charge is 0.489 e. The van der Waals surface area contributed by atoms with Gasteiger partial charge in [-0.05, 0) is 51.4 Å². The fourth-order valence-electron chi connectivity index (χ4n) is 0.852. The van der Waals surface area contributed by atoms with Gasteiger partial charge < -0.3 is 4.74 Å². The van der Waals surface area contributed by atoms with E-state index in [0.717, 1.165) is 13.9 Å². The van der Waals surface area contributed by atoms with E-state index in [2.05, 4.69) is 43.5 Å². The average Bonchev–Trinajstić information content (AvgIpc) is 2.81. The van der Waals surface area contributed by atoms with Crippen molar-refractivity contribution >= 4 is 38.5 Å². The molecule has 0 aromatic carbocycles. The molecule has 0 bridgehead atoms. The van der Waals surface area contributed by atoms with Crippen molar-refractivity contribution in [2.75, 3.05) is 0 Å². The molecule has 12 heavy (non-hydrogen) atoms. The predicted molar refractivity (Wildman–Crippen MR) is 58.3 cm³/mol. The second kappa shape index (κ2) is 3.49. The van der Waals surface area contributed by atoms with E-state index >= 15 is 0 Å². The average molecular weight is 340 g/mol. The van der Waals surface area contributed by atoms with Gasteiger partial charge in [0.15, 0.2) is 0 Å². The smallest absolute Gasteiger partial charge is 0.137 e. The zero-order valence-corrected chi connectivity index (χ0v) is 10.0. The van der Waals surface area contributed by atoms with Crippen molar-refractivity contribution in [2.24, 2.45) is 0 Å². The Kier molecular flexibility index (Phi) is 2.55. The third-order valence-corrected chi connectivity index (χ3v) is 2.85. The van der Waals surface area contributed by atoms with Gasteiger partial charge in [-0.2, -0.15) is 0 Å². The topological polar surface area (TPSA) is 22.1 Å². The molecule has 0 radical (unpaired) electrons. The summed E-state index contributed by atoms with van der Waals surface area (Å²) in [7, 11) is 0. The van der Waals surface area contributed by atoms with Crippen molar-refractivity contribution in [3.8, 4) is 5.75 Å². The van der Waals surface area contributed by atoms with Crippen LogP contribution in [-0.4, -0.2) is 11.1 Å². The maximum Gasteiger partial charge on any atom is 0.137 e. The van der Waals surface area contributed by atoms with E-state index in [-0.39, 0.29) is 0 Å². The highest BCUT2D eigenvalue weighted by Crippen LogP contribution is 2.30. The van der Waals surface area contributed by atoms with Crippen LogP contribution in [0, 0.1) is 3.57 Å². The van der Waals surface area contributed by atoms with E-state index in [0.29, 0.717) is 6.10 Å². The van der Waals surface area contributed by atoms with Crippen LogP contribution in [0.4, 0.5) is 0 Å². The quantitative estimate of drug-likeness (QED) is 0.610. The summed E-state index contributed by atoms with van der Waals surface area (Å²) in [5, 5.41) is 0. The molecular formula is C8H7BrINO. The molecule has 4 heteroatoms. The molecule has 1 saturated carbocycles. The summed E-state index contributed by atoms with van der Waals surface area (Å²) in [5.74, 6) is 0.944. The second-order valence-electron chi connectivity index (χ2n) is 2.75. The lowest BCUT2D eigenvalue weighted by Gasteiger charge is -2.05. The van der Waals surface area contributed by atoms with Crippen molar-refractivity contribution in [2.45, 2.75) is 18.9 Å². The van der Waals surface area contributed by atoms with Gasteiger partial charge in [-0.15, -0.1) is 0 Å². The number of hydrogen-bond donors (Lipinski definition) is 0. The first-order valence-electron chi connectivity index (χ1n) is 3.73. The van der Waals surface area contributed by atoms with Gasteiger partial charge in [-0.1, -0.05) is 0 Å². The zero-order chi connectivity index (χ0) is 8.55. The van der Waals surface area contributed by atoms with Crippen molar-refractivity contribution in [3.05, 3.63) is 20.4 Å². The Morgan fingerprint density at radius 2 is 2.33 bits per heavy atom. The lowest BCUT2D eigenvalue weighted by Crippen LogP contribution is -1.98. The minimum Gasteiger partial charge on any atom is -0.489 e. The van der Waals surface area contributed by atoms with E-state index in [1.54, 1.807) is 0 Å². The summed E-state index contributed by atoms with van der Waals surface area (Å²) >= 11 is 5.54. The standard InChI is InChI=1S/C8H7BrINO/c9-8-3-7(6(10)4-11-8)12-5-1-2-5/h3-5H,1-2H2. The van der Waals surface area contributed by atoms with Crippen LogP contribution in [0.25, 0.3) is 0 Å². The molecule has 1 heterocycles. The molecular weight excluding hydrogens is 333 g/mol. The van der Waals surface area contributed by atoms with Crippen LogP contribution in [0.3, 0.4) is 0 Å². The molecule has 1 aromatic rings. The number of ether oxygens (including phenoxy) is 1. The number of rotatable bonds is 2. The number of hydrogen-bond acceptors (Lipinski definition) is 2. The monoisotopic (exact) mass is 339 g/mol. The first-order chi connectivity index (χ1) is 5.75. The number of nitrogens with zero attached hydrogens (tertiary/aromatic N) is 1. The normalized spacial score (nSPS) is 16.2. The van der Waals surface area contributed by atoms with Crippen LogP contribution >= 0.6 is 38.5 Å². The highest BCUT2D eigenvalue weighted by Gasteiger charge is 2.24. The van der Waals surface area contributed by atoms with E-state index in [9.17, 15) is 0 Å². The van der Waals surface area contributed by atoms with Gasteiger partial charge in [0.2, 0.25) is 0 Å². The molecule has 1 aromatic heterocycles. The summed E-state index contributed by atoms with van der Waals surface area (Å²) in [4.78, 5) is 4.10. The maximum atomic E-state index is 5.66. The molecule has 0 aliphatic heterocycles. The zero-order valence-electron chi connectivity index (χ0n) is 6.26. The highest BCUT2D eigenvalue weighted by atomic mass is 127. The van der Waals surface area contributed by atoms with Gasteiger partial charge in [-0.3, -0.25) is 0 Å². The van der Waals surface area contributed by atoms with Gasteiger partial charge in [0.05, 0.1) is 9.67 Å². The summed E-state index contributed by atoms with van der Waals surface area (Å²) in [5.41, 5.74) is 0. The van der Waals surface area contributed by atoms with Gasteiger partial charge in [0.25, 0.3) is 0 Å². The Bertz CT molecular complexity index is 301. The molecule has 0 N–H and O–H groups in total. The third kappa shape index (κ3) is 2.10. The van der Waals surface area contributed by atoms with Crippen LogP contribution < -0.4 is 4.74 Å². The molecule has 2 rings (SSSR count). The Morgan fingerprint density at radius 3 is 3.00 bits per heavy atom. The number of aromatic nitrogens is 1. The summed E-state index contributed by atoms with van der Waals surface area (Å²) in [6.45, 7) is 0. The lowest BCUT2D eigenvalue weighted by atomic mass is 10.4. The number of pyridine rings is 1. The van der Waals surface area contributed by atoms with Crippen molar-refractivity contribution < 1.29 is 4.74 Å². The van der Waals surface area contributed by atoms with Crippen LogP contribution in [-0.2, 0) is 0 Å². The van der Waals surface area contributed by atoms with Gasteiger partial charge >= 0.3 is 0 Å². The molecule has 0 unspecified atom stereocenters. The van der Waals surface area contributed by atoms with Crippen LogP contribution in [0.1, 0.15) is 12.8 Å². The Balaban J connectivity index is 2.21. The molecule has 0 amide bonds. The first kappa shape index (κ1) is 8.74. The second-order valence-corrected chi connectivity index (χ2v) is 4.73. The molecule has 2 nitrogen and oxygen atoms in total. The first-order valence-corrected chi connectivity index (χ1v) is 5.60. The van der Waals surface area contributed by atoms with E-state index < -0.39 is 0 Å². The SMILES string of the molecule is Brc1cc(OC2CC2)c(I)cn1. The van der Waals surface area contributed by atoms with Gasteiger partial charge in [0, 0.05) is 12.3 Å². The Morgan fingerprint density at radius 1 is 1.58 bits per heavy atom. The highest BCUT2D eigenvalue weighted by molar-refractivity contribution is 14.1. The van der Waals surface area contributed by atoms with Crippen LogP contribution in [0.15, 0.2) is 16.9 Å². The molecule has 1 aliphatic carbocycles. The molecule has 1 fully saturated rings. The van der Waals surface area contributed by atoms with Gasteiger partial charge in [0.1, 0.15) is 10.4 Å². The minimum atomic E-state index is 0.452. The molecule has 0 saturated heterocycles. The van der Waals surface area contributed by atoms with Crippen molar-refractivity contribution in [3.63, 3.8) is 0 Å². The van der Waals surface area contributed by atoms with Crippen LogP contribution in [0.2, 0.25) is 0 Å². The summed E-state index contributed by atoms with van der Waals surface area (Å²) in [6, 6.07) is 1.92. The predicted octanol–water partition coefficient (Wildman–Crippen LogP) is 2.99. The maximum absolute atomic E-state index is 5.66. The fraction of sp³-hybridized carbons (Fsp3) is 0.375. The molecule has 0 spiro atoms. The fourth-order valence-corrected chi connectivity index (χ4v) is 1.58. The summed E-state index contributed by atoms with van der Waals surface area (Å²) in [6.07, 6.45) is 4.64. The molecule has 64 valence electrons. The minimum absolute atomic E-state index is 0.452. The third-order valence-electron chi connectivity index (χ3n) is 1.60. The molecule has 0 atom stereocenters. The Hall–Kier alpha value is 0.160. The number of halogens is 2. The van der Waals surface area contributed by atoms with Gasteiger partial charge in [-0.25, -0.2) is 4.98 Å².